The minimum atomic E-state index is -4.64. The molecule has 1 aliphatic carbocycles. The molecule has 0 radical (unpaired) electrons. The Balaban J connectivity index is 1.22. The molecule has 6 rings (SSSR count). The Morgan fingerprint density at radius 3 is 2.51 bits per heavy atom. The minimum Gasteiger partial charge on any atom is -0.491 e. The Morgan fingerprint density at radius 1 is 1.04 bits per heavy atom. The molecule has 11 nitrogen and oxygen atoms in total. The molecular formula is C34H36F3N7O4S. The number of likely N-dealkylation sites (N-methyl/N-ethyl adjacent to an activating group) is 1. The van der Waals surface area contributed by atoms with Gasteiger partial charge in [-0.2, -0.15) is 18.2 Å². The molecule has 3 aromatic carbocycles. The van der Waals surface area contributed by atoms with Crippen molar-refractivity contribution in [2.24, 2.45) is 0 Å². The van der Waals surface area contributed by atoms with Crippen LogP contribution in [0.4, 0.5) is 36.3 Å². The summed E-state index contributed by atoms with van der Waals surface area (Å²) >= 11 is 0. The van der Waals surface area contributed by atoms with Crippen LogP contribution in [0, 0.1) is 0 Å². The topological polar surface area (TPSA) is 138 Å². The number of nitrogens with zero attached hydrogens (tertiary/aromatic N) is 3. The number of anilines is 4. The number of ether oxygens (including phenoxy) is 1. The van der Waals surface area contributed by atoms with Crippen LogP contribution in [-0.4, -0.2) is 69.5 Å². The van der Waals surface area contributed by atoms with Crippen molar-refractivity contribution in [3.05, 3.63) is 84.1 Å². The zero-order valence-corrected chi connectivity index (χ0v) is 27.7. The van der Waals surface area contributed by atoms with Gasteiger partial charge in [-0.15, -0.1) is 0 Å². The molecular weight excluding hydrogens is 659 g/mol. The van der Waals surface area contributed by atoms with E-state index in [0.29, 0.717) is 55.1 Å². The predicted molar refractivity (Wildman–Crippen MR) is 181 cm³/mol. The largest absolute Gasteiger partial charge is 0.491 e. The van der Waals surface area contributed by atoms with Crippen molar-refractivity contribution < 1.29 is 31.1 Å². The number of para-hydroxylation sites is 1. The zero-order valence-electron chi connectivity index (χ0n) is 26.9. The SMILES string of the molecule is CN(C)CCOc1c(C(F)(F)F)cccc1C1(C(=O)Nc2ccc(-c3cnc4nc3NCCCNS(=O)(=O)c3cccc(c3)N4)cc2)CC1. The number of hydrogen-bond donors (Lipinski definition) is 4. The third kappa shape index (κ3) is 7.63. The predicted octanol–water partition coefficient (Wildman–Crippen LogP) is 5.61. The first kappa shape index (κ1) is 34.1. The number of benzene rings is 3. The molecule has 1 fully saturated rings. The van der Waals surface area contributed by atoms with Crippen LogP contribution >= 0.6 is 0 Å². The van der Waals surface area contributed by atoms with Gasteiger partial charge in [-0.05, 0) is 75.3 Å². The molecule has 4 bridgehead atoms. The molecule has 4 aromatic rings. The van der Waals surface area contributed by atoms with Gasteiger partial charge in [0.1, 0.15) is 18.2 Å². The van der Waals surface area contributed by atoms with Gasteiger partial charge in [0, 0.05) is 48.3 Å². The molecule has 2 heterocycles. The summed E-state index contributed by atoms with van der Waals surface area (Å²) in [5.41, 5.74) is 0.586. The highest BCUT2D eigenvalue weighted by Gasteiger charge is 2.54. The van der Waals surface area contributed by atoms with Crippen molar-refractivity contribution in [1.82, 2.24) is 19.6 Å². The van der Waals surface area contributed by atoms with Crippen molar-refractivity contribution in [3.8, 4) is 16.9 Å². The number of alkyl halides is 3. The van der Waals surface area contributed by atoms with E-state index in [9.17, 15) is 26.4 Å². The number of rotatable bonds is 8. The fourth-order valence-corrected chi connectivity index (χ4v) is 6.71. The Labute approximate surface area is 282 Å². The average molecular weight is 696 g/mol. The molecule has 0 unspecified atom stereocenters. The van der Waals surface area contributed by atoms with E-state index in [-0.39, 0.29) is 35.3 Å². The smallest absolute Gasteiger partial charge is 0.419 e. The zero-order chi connectivity index (χ0) is 34.8. The number of carbonyl (C=O) groups is 1. The highest BCUT2D eigenvalue weighted by molar-refractivity contribution is 7.89. The lowest BCUT2D eigenvalue weighted by atomic mass is 9.91. The van der Waals surface area contributed by atoms with Gasteiger partial charge < -0.3 is 25.6 Å². The van der Waals surface area contributed by atoms with Crippen LogP contribution < -0.4 is 25.4 Å². The van der Waals surface area contributed by atoms with E-state index in [0.717, 1.165) is 11.6 Å². The number of aromatic nitrogens is 2. The first-order valence-electron chi connectivity index (χ1n) is 15.7. The van der Waals surface area contributed by atoms with E-state index >= 15 is 0 Å². The molecule has 49 heavy (non-hydrogen) atoms. The van der Waals surface area contributed by atoms with Crippen LogP contribution in [0.5, 0.6) is 5.75 Å². The number of hydrogen-bond acceptors (Lipinski definition) is 9. The van der Waals surface area contributed by atoms with Crippen LogP contribution in [0.2, 0.25) is 0 Å². The molecule has 1 aromatic heterocycles. The molecule has 15 heteroatoms. The second-order valence-corrected chi connectivity index (χ2v) is 14.0. The van der Waals surface area contributed by atoms with Gasteiger partial charge in [-0.1, -0.05) is 30.3 Å². The lowest BCUT2D eigenvalue weighted by Crippen LogP contribution is -2.29. The number of amides is 1. The van der Waals surface area contributed by atoms with Crippen molar-refractivity contribution >= 4 is 39.1 Å². The van der Waals surface area contributed by atoms with E-state index < -0.39 is 33.1 Å². The highest BCUT2D eigenvalue weighted by atomic mass is 32.2. The van der Waals surface area contributed by atoms with Crippen LogP contribution in [0.15, 0.2) is 77.8 Å². The van der Waals surface area contributed by atoms with Gasteiger partial charge in [-0.3, -0.25) is 4.79 Å². The molecule has 1 amide bonds. The Hall–Kier alpha value is -4.73. The summed E-state index contributed by atoms with van der Waals surface area (Å²) in [6, 6.07) is 17.2. The summed E-state index contributed by atoms with van der Waals surface area (Å²) < 4.78 is 75.7. The molecule has 0 spiro atoms. The monoisotopic (exact) mass is 695 g/mol. The number of sulfonamides is 1. The second kappa shape index (κ2) is 13.6. The first-order valence-corrected chi connectivity index (χ1v) is 17.2. The van der Waals surface area contributed by atoms with Gasteiger partial charge >= 0.3 is 6.18 Å². The van der Waals surface area contributed by atoms with Crippen LogP contribution in [0.3, 0.4) is 0 Å². The van der Waals surface area contributed by atoms with E-state index in [1.54, 1.807) is 67.7 Å². The third-order valence-electron chi connectivity index (χ3n) is 8.39. The average Bonchev–Trinajstić information content (AvgIpc) is 3.87. The number of halogens is 3. The Morgan fingerprint density at radius 2 is 1.80 bits per heavy atom. The van der Waals surface area contributed by atoms with E-state index in [4.69, 9.17) is 4.74 Å². The lowest BCUT2D eigenvalue weighted by Gasteiger charge is -2.23. The molecule has 1 aliphatic heterocycles. The van der Waals surface area contributed by atoms with Crippen molar-refractivity contribution in [2.45, 2.75) is 35.7 Å². The maximum atomic E-state index is 14.0. The summed E-state index contributed by atoms with van der Waals surface area (Å²) in [6.07, 6.45) is -1.73. The summed E-state index contributed by atoms with van der Waals surface area (Å²) in [5, 5.41) is 9.22. The number of carbonyl (C=O) groups excluding carboxylic acids is 1. The summed E-state index contributed by atoms with van der Waals surface area (Å²) in [6.45, 7) is 1.10. The van der Waals surface area contributed by atoms with Crippen LogP contribution in [-0.2, 0) is 26.4 Å². The standard InChI is InChI=1S/C34H36F3N7O4S/c1-44(2)18-19-48-29-27(8-4-9-28(29)34(35,36)37)33(14-15-33)31(45)41-23-12-10-22(11-13-23)26-21-39-32-42-24-6-3-7-25(20-24)49(46,47)40-17-5-16-38-30(26)43-32/h3-4,6-13,20-21,40H,5,14-19H2,1-2H3,(H,41,45)(H2,38,39,42,43). The van der Waals surface area contributed by atoms with Crippen molar-refractivity contribution in [3.63, 3.8) is 0 Å². The normalized spacial score (nSPS) is 16.6. The molecule has 258 valence electrons. The molecule has 0 saturated heterocycles. The molecule has 4 N–H and O–H groups in total. The van der Waals surface area contributed by atoms with E-state index in [2.05, 4.69) is 30.6 Å². The Kier molecular flexibility index (Phi) is 9.51. The quantitative estimate of drug-likeness (QED) is 0.185. The van der Waals surface area contributed by atoms with Crippen molar-refractivity contribution in [2.75, 3.05) is 56.3 Å². The van der Waals surface area contributed by atoms with Gasteiger partial charge in [0.25, 0.3) is 0 Å². The summed E-state index contributed by atoms with van der Waals surface area (Å²) in [7, 11) is -0.0820. The van der Waals surface area contributed by atoms with Gasteiger partial charge in [0.05, 0.1) is 15.9 Å². The fraction of sp³-hybridized carbons (Fsp3) is 0.324. The fourth-order valence-electron chi connectivity index (χ4n) is 5.59. The van der Waals surface area contributed by atoms with Gasteiger partial charge in [-0.25, -0.2) is 18.1 Å². The van der Waals surface area contributed by atoms with E-state index in [1.165, 1.54) is 18.2 Å². The van der Waals surface area contributed by atoms with Crippen molar-refractivity contribution in [1.29, 1.82) is 0 Å². The lowest BCUT2D eigenvalue weighted by molar-refractivity contribution is -0.139. The third-order valence-corrected chi connectivity index (χ3v) is 9.85. The maximum absolute atomic E-state index is 14.0. The van der Waals surface area contributed by atoms with Gasteiger partial charge in [0.15, 0.2) is 0 Å². The van der Waals surface area contributed by atoms with Crippen LogP contribution in [0.25, 0.3) is 11.1 Å². The minimum absolute atomic E-state index is 0.0375. The molecule has 2 aliphatic rings. The Bertz CT molecular complexity index is 1950. The summed E-state index contributed by atoms with van der Waals surface area (Å²) in [4.78, 5) is 24.7. The van der Waals surface area contributed by atoms with E-state index in [1.807, 2.05) is 0 Å². The molecule has 0 atom stereocenters. The number of nitrogens with one attached hydrogen (secondary N) is 4. The highest BCUT2D eigenvalue weighted by Crippen LogP contribution is 2.54. The maximum Gasteiger partial charge on any atom is 0.419 e. The van der Waals surface area contributed by atoms with Crippen LogP contribution in [0.1, 0.15) is 30.4 Å². The number of fused-ring (bicyclic) bond motifs is 4. The van der Waals surface area contributed by atoms with Gasteiger partial charge in [0.2, 0.25) is 21.9 Å². The first-order chi connectivity index (χ1) is 23.4. The second-order valence-electron chi connectivity index (χ2n) is 12.2. The summed E-state index contributed by atoms with van der Waals surface area (Å²) in [5.74, 6) is 0.0850. The molecule has 1 saturated carbocycles.